The molecular formula is C11H20N4. The van der Waals surface area contributed by atoms with Gasteiger partial charge in [0, 0.05) is 24.3 Å². The molecule has 0 amide bonds. The molecule has 0 aliphatic heterocycles. The minimum atomic E-state index is 0.387. The van der Waals surface area contributed by atoms with E-state index in [0.717, 1.165) is 24.5 Å². The van der Waals surface area contributed by atoms with Gasteiger partial charge in [0.15, 0.2) is 0 Å². The normalized spacial score (nSPS) is 10.5. The highest BCUT2D eigenvalue weighted by Gasteiger charge is 2.02. The summed E-state index contributed by atoms with van der Waals surface area (Å²) in [4.78, 5) is 8.69. The van der Waals surface area contributed by atoms with Crippen molar-refractivity contribution in [3.63, 3.8) is 0 Å². The monoisotopic (exact) mass is 208 g/mol. The number of anilines is 2. The lowest BCUT2D eigenvalue weighted by atomic mass is 10.3. The molecule has 0 bridgehead atoms. The smallest absolute Gasteiger partial charge is 0.224 e. The van der Waals surface area contributed by atoms with Gasteiger partial charge in [-0.15, -0.1) is 0 Å². The van der Waals surface area contributed by atoms with Crippen molar-refractivity contribution in [3.8, 4) is 0 Å². The second-order valence-electron chi connectivity index (χ2n) is 3.94. The molecule has 0 aliphatic rings. The molecule has 0 aromatic carbocycles. The standard InChI is InChI=1S/C11H20N4/c1-5-6-12-11-14-9(4)7-10(15-11)13-8(2)3/h7-8H,5-6H2,1-4H3,(H2,12,13,14,15). The van der Waals surface area contributed by atoms with Crippen molar-refractivity contribution < 1.29 is 0 Å². The van der Waals surface area contributed by atoms with Crippen molar-refractivity contribution in [1.82, 2.24) is 9.97 Å². The van der Waals surface area contributed by atoms with Gasteiger partial charge >= 0.3 is 0 Å². The Kier molecular flexibility index (Phi) is 4.34. The highest BCUT2D eigenvalue weighted by atomic mass is 15.1. The predicted octanol–water partition coefficient (Wildman–Crippen LogP) is 2.43. The van der Waals surface area contributed by atoms with Crippen LogP contribution in [0.1, 0.15) is 32.9 Å². The Balaban J connectivity index is 2.75. The molecule has 0 fully saturated rings. The lowest BCUT2D eigenvalue weighted by Crippen LogP contribution is -2.13. The Morgan fingerprint density at radius 1 is 1.33 bits per heavy atom. The van der Waals surface area contributed by atoms with Gasteiger partial charge in [0.25, 0.3) is 0 Å². The Bertz CT molecular complexity index is 309. The van der Waals surface area contributed by atoms with Crippen molar-refractivity contribution in [1.29, 1.82) is 0 Å². The quantitative estimate of drug-likeness (QED) is 0.780. The maximum atomic E-state index is 4.38. The maximum Gasteiger partial charge on any atom is 0.224 e. The van der Waals surface area contributed by atoms with Gasteiger partial charge in [0.05, 0.1) is 0 Å². The fraction of sp³-hybridized carbons (Fsp3) is 0.636. The number of rotatable bonds is 5. The van der Waals surface area contributed by atoms with Crippen LogP contribution >= 0.6 is 0 Å². The average molecular weight is 208 g/mol. The van der Waals surface area contributed by atoms with Gasteiger partial charge in [-0.25, -0.2) is 4.98 Å². The third kappa shape index (κ3) is 4.14. The van der Waals surface area contributed by atoms with Gasteiger partial charge in [-0.2, -0.15) is 4.98 Å². The van der Waals surface area contributed by atoms with E-state index in [1.54, 1.807) is 0 Å². The van der Waals surface area contributed by atoms with Crippen molar-refractivity contribution in [2.45, 2.75) is 40.2 Å². The van der Waals surface area contributed by atoms with E-state index in [9.17, 15) is 0 Å². The van der Waals surface area contributed by atoms with Crippen LogP contribution in [-0.2, 0) is 0 Å². The molecule has 1 aromatic rings. The second kappa shape index (κ2) is 5.53. The van der Waals surface area contributed by atoms with Crippen LogP contribution in [0.4, 0.5) is 11.8 Å². The van der Waals surface area contributed by atoms with Gasteiger partial charge in [0.1, 0.15) is 5.82 Å². The molecule has 2 N–H and O–H groups in total. The van der Waals surface area contributed by atoms with Gasteiger partial charge < -0.3 is 10.6 Å². The zero-order chi connectivity index (χ0) is 11.3. The van der Waals surface area contributed by atoms with Crippen LogP contribution in [0.5, 0.6) is 0 Å². The Morgan fingerprint density at radius 3 is 2.67 bits per heavy atom. The van der Waals surface area contributed by atoms with Crippen LogP contribution in [0.25, 0.3) is 0 Å². The summed E-state index contributed by atoms with van der Waals surface area (Å²) in [7, 11) is 0. The first kappa shape index (κ1) is 11.8. The molecule has 0 unspecified atom stereocenters. The SMILES string of the molecule is CCCNc1nc(C)cc(NC(C)C)n1. The molecule has 0 radical (unpaired) electrons. The van der Waals surface area contributed by atoms with E-state index >= 15 is 0 Å². The molecule has 1 heterocycles. The van der Waals surface area contributed by atoms with Gasteiger partial charge in [0.2, 0.25) is 5.95 Å². The first-order chi connectivity index (χ1) is 7.11. The van der Waals surface area contributed by atoms with E-state index in [1.807, 2.05) is 13.0 Å². The summed E-state index contributed by atoms with van der Waals surface area (Å²) < 4.78 is 0. The zero-order valence-electron chi connectivity index (χ0n) is 9.96. The number of aryl methyl sites for hydroxylation is 1. The molecule has 15 heavy (non-hydrogen) atoms. The Hall–Kier alpha value is -1.32. The molecule has 1 aromatic heterocycles. The van der Waals surface area contributed by atoms with Crippen molar-refractivity contribution >= 4 is 11.8 Å². The summed E-state index contributed by atoms with van der Waals surface area (Å²) in [5.41, 5.74) is 0.978. The minimum absolute atomic E-state index is 0.387. The summed E-state index contributed by atoms with van der Waals surface area (Å²) in [5.74, 6) is 1.59. The fourth-order valence-corrected chi connectivity index (χ4v) is 1.25. The number of hydrogen-bond donors (Lipinski definition) is 2. The van der Waals surface area contributed by atoms with Crippen LogP contribution in [0, 0.1) is 6.92 Å². The molecule has 0 spiro atoms. The summed E-state index contributed by atoms with van der Waals surface area (Å²) in [6.07, 6.45) is 1.07. The van der Waals surface area contributed by atoms with Gasteiger partial charge in [-0.1, -0.05) is 6.92 Å². The maximum absolute atomic E-state index is 4.38. The lowest BCUT2D eigenvalue weighted by Gasteiger charge is -2.11. The largest absolute Gasteiger partial charge is 0.368 e. The third-order valence-electron chi connectivity index (χ3n) is 1.82. The number of hydrogen-bond acceptors (Lipinski definition) is 4. The van der Waals surface area contributed by atoms with E-state index in [0.29, 0.717) is 12.0 Å². The zero-order valence-corrected chi connectivity index (χ0v) is 9.96. The van der Waals surface area contributed by atoms with Gasteiger partial charge in [-0.05, 0) is 27.2 Å². The van der Waals surface area contributed by atoms with Crippen LogP contribution in [0.3, 0.4) is 0 Å². The molecule has 0 atom stereocenters. The third-order valence-corrected chi connectivity index (χ3v) is 1.82. The van der Waals surface area contributed by atoms with Gasteiger partial charge in [-0.3, -0.25) is 0 Å². The number of nitrogens with zero attached hydrogens (tertiary/aromatic N) is 2. The first-order valence-electron chi connectivity index (χ1n) is 5.48. The minimum Gasteiger partial charge on any atom is -0.368 e. The molecule has 0 saturated heterocycles. The van der Waals surface area contributed by atoms with Crippen molar-refractivity contribution in [3.05, 3.63) is 11.8 Å². The predicted molar refractivity (Wildman–Crippen MR) is 64.3 cm³/mol. The van der Waals surface area contributed by atoms with Crippen molar-refractivity contribution in [2.24, 2.45) is 0 Å². The first-order valence-corrected chi connectivity index (χ1v) is 5.48. The molecule has 4 nitrogen and oxygen atoms in total. The molecule has 1 rings (SSSR count). The molecule has 84 valence electrons. The number of nitrogens with one attached hydrogen (secondary N) is 2. The molecule has 0 saturated carbocycles. The summed E-state index contributed by atoms with van der Waals surface area (Å²) in [5, 5.41) is 6.46. The fourth-order valence-electron chi connectivity index (χ4n) is 1.25. The van der Waals surface area contributed by atoms with E-state index in [-0.39, 0.29) is 0 Å². The van der Waals surface area contributed by atoms with Crippen molar-refractivity contribution in [2.75, 3.05) is 17.2 Å². The Morgan fingerprint density at radius 2 is 2.07 bits per heavy atom. The highest BCUT2D eigenvalue weighted by molar-refractivity contribution is 5.42. The average Bonchev–Trinajstić information content (AvgIpc) is 2.12. The summed E-state index contributed by atoms with van der Waals surface area (Å²) in [6.45, 7) is 9.19. The van der Waals surface area contributed by atoms with Crippen LogP contribution in [-0.4, -0.2) is 22.6 Å². The summed E-state index contributed by atoms with van der Waals surface area (Å²) in [6, 6.07) is 2.34. The topological polar surface area (TPSA) is 49.8 Å². The van der Waals surface area contributed by atoms with E-state index in [2.05, 4.69) is 41.4 Å². The van der Waals surface area contributed by atoms with Crippen LogP contribution in [0.2, 0.25) is 0 Å². The molecular weight excluding hydrogens is 188 g/mol. The lowest BCUT2D eigenvalue weighted by molar-refractivity contribution is 0.880. The highest BCUT2D eigenvalue weighted by Crippen LogP contribution is 2.10. The number of aromatic nitrogens is 2. The molecule has 4 heteroatoms. The van der Waals surface area contributed by atoms with E-state index in [1.165, 1.54) is 0 Å². The summed E-state index contributed by atoms with van der Waals surface area (Å²) >= 11 is 0. The van der Waals surface area contributed by atoms with E-state index in [4.69, 9.17) is 0 Å². The Labute approximate surface area is 91.5 Å². The van der Waals surface area contributed by atoms with E-state index < -0.39 is 0 Å². The second-order valence-corrected chi connectivity index (χ2v) is 3.94. The molecule has 0 aliphatic carbocycles. The van der Waals surface area contributed by atoms with Crippen LogP contribution in [0.15, 0.2) is 6.07 Å². The van der Waals surface area contributed by atoms with Crippen LogP contribution < -0.4 is 10.6 Å².